The number of aryl methyl sites for hydroxylation is 2. The van der Waals surface area contributed by atoms with Gasteiger partial charge in [0, 0.05) is 25.4 Å². The summed E-state index contributed by atoms with van der Waals surface area (Å²) in [7, 11) is 0. The summed E-state index contributed by atoms with van der Waals surface area (Å²) in [5, 5.41) is 7.85. The van der Waals surface area contributed by atoms with Gasteiger partial charge < -0.3 is 15.4 Å². The van der Waals surface area contributed by atoms with Gasteiger partial charge in [-0.3, -0.25) is 5.41 Å². The Morgan fingerprint density at radius 1 is 1.20 bits per heavy atom. The zero-order chi connectivity index (χ0) is 13.9. The molecule has 108 valence electrons. The van der Waals surface area contributed by atoms with Crippen molar-refractivity contribution in [1.29, 1.82) is 5.41 Å². The van der Waals surface area contributed by atoms with Gasteiger partial charge in [0.25, 0.3) is 0 Å². The first-order valence-electron chi connectivity index (χ1n) is 7.45. The number of fused-ring (bicyclic) bond motifs is 1. The molecule has 3 N–H and O–H groups in total. The topological polar surface area (TPSA) is 75.2 Å². The van der Waals surface area contributed by atoms with E-state index in [9.17, 15) is 0 Å². The van der Waals surface area contributed by atoms with Crippen LogP contribution in [-0.4, -0.2) is 37.1 Å². The number of aromatic nitrogens is 1. The summed E-state index contributed by atoms with van der Waals surface area (Å²) in [6.07, 6.45) is 5.53. The summed E-state index contributed by atoms with van der Waals surface area (Å²) in [6, 6.07) is 2.09. The van der Waals surface area contributed by atoms with Crippen LogP contribution < -0.4 is 10.6 Å². The molecule has 0 spiro atoms. The van der Waals surface area contributed by atoms with Crippen molar-refractivity contribution in [3.63, 3.8) is 0 Å². The lowest BCUT2D eigenvalue weighted by Crippen LogP contribution is -2.30. The van der Waals surface area contributed by atoms with E-state index in [1.165, 1.54) is 24.1 Å². The Morgan fingerprint density at radius 3 is 2.90 bits per heavy atom. The molecule has 0 bridgehead atoms. The number of anilines is 1. The number of nitrogens with one attached hydrogen (secondary N) is 1. The van der Waals surface area contributed by atoms with Gasteiger partial charge >= 0.3 is 0 Å². The van der Waals surface area contributed by atoms with E-state index < -0.39 is 0 Å². The van der Waals surface area contributed by atoms with Crippen LogP contribution in [0.25, 0.3) is 0 Å². The summed E-state index contributed by atoms with van der Waals surface area (Å²) in [5.41, 5.74) is 9.03. The quantitative estimate of drug-likeness (QED) is 0.632. The summed E-state index contributed by atoms with van der Waals surface area (Å²) < 4.78 is 5.50. The van der Waals surface area contributed by atoms with Crippen LogP contribution in [0, 0.1) is 5.41 Å². The molecule has 0 amide bonds. The lowest BCUT2D eigenvalue weighted by molar-refractivity contribution is 0.152. The van der Waals surface area contributed by atoms with E-state index in [1.807, 2.05) is 0 Å². The van der Waals surface area contributed by atoms with Crippen LogP contribution in [0.15, 0.2) is 6.07 Å². The Labute approximate surface area is 119 Å². The molecule has 1 fully saturated rings. The van der Waals surface area contributed by atoms with Gasteiger partial charge in [-0.25, -0.2) is 4.98 Å². The summed E-state index contributed by atoms with van der Waals surface area (Å²) >= 11 is 0. The van der Waals surface area contributed by atoms with Crippen LogP contribution in [0.4, 0.5) is 5.82 Å². The molecule has 1 aliphatic carbocycles. The second-order valence-electron chi connectivity index (χ2n) is 5.54. The zero-order valence-electron chi connectivity index (χ0n) is 11.8. The molecule has 1 aromatic heterocycles. The van der Waals surface area contributed by atoms with Gasteiger partial charge in [0.1, 0.15) is 11.7 Å². The molecule has 0 unspecified atom stereocenters. The number of hydrogen-bond acceptors (Lipinski definition) is 4. The fourth-order valence-corrected chi connectivity index (χ4v) is 3.02. The van der Waals surface area contributed by atoms with Crippen molar-refractivity contribution >= 4 is 11.7 Å². The molecule has 2 aliphatic rings. The molecule has 2 heterocycles. The second kappa shape index (κ2) is 5.79. The van der Waals surface area contributed by atoms with Crippen LogP contribution in [-0.2, 0) is 17.6 Å². The van der Waals surface area contributed by atoms with Crippen LogP contribution in [0.2, 0.25) is 0 Å². The van der Waals surface area contributed by atoms with Crippen molar-refractivity contribution in [2.45, 2.75) is 32.1 Å². The van der Waals surface area contributed by atoms with E-state index in [-0.39, 0.29) is 5.84 Å². The monoisotopic (exact) mass is 274 g/mol. The minimum atomic E-state index is 0.117. The molecule has 3 rings (SSSR count). The van der Waals surface area contributed by atoms with Crippen LogP contribution in [0.1, 0.15) is 36.1 Å². The molecule has 5 nitrogen and oxygen atoms in total. The molecular formula is C15H22N4O. The molecule has 0 saturated carbocycles. The fourth-order valence-electron chi connectivity index (χ4n) is 3.02. The Balaban J connectivity index is 2.00. The maximum Gasteiger partial charge on any atom is 0.139 e. The Kier molecular flexibility index (Phi) is 3.87. The van der Waals surface area contributed by atoms with Gasteiger partial charge in [0.05, 0.1) is 12.2 Å². The lowest BCUT2D eigenvalue weighted by atomic mass is 9.94. The second-order valence-corrected chi connectivity index (χ2v) is 5.54. The molecule has 5 heteroatoms. The standard InChI is InChI=1S/C15H22N4O/c16-14(17)12-10-11-4-1-2-5-13(11)18-15(12)19-6-3-8-20-9-7-19/h10H,1-9H2,(H3,16,17). The predicted octanol–water partition coefficient (Wildman–Crippen LogP) is 1.47. The highest BCUT2D eigenvalue weighted by Gasteiger charge is 2.21. The van der Waals surface area contributed by atoms with Crippen molar-refractivity contribution < 1.29 is 4.74 Å². The average Bonchev–Trinajstić information content (AvgIpc) is 2.74. The molecule has 0 radical (unpaired) electrons. The molecule has 1 aromatic rings. The van der Waals surface area contributed by atoms with E-state index in [4.69, 9.17) is 20.9 Å². The van der Waals surface area contributed by atoms with E-state index in [0.29, 0.717) is 0 Å². The highest BCUT2D eigenvalue weighted by molar-refractivity contribution is 5.99. The molecular weight excluding hydrogens is 252 g/mol. The van der Waals surface area contributed by atoms with Crippen molar-refractivity contribution in [3.8, 4) is 0 Å². The van der Waals surface area contributed by atoms with Crippen LogP contribution in [0.3, 0.4) is 0 Å². The van der Waals surface area contributed by atoms with Gasteiger partial charge in [-0.1, -0.05) is 0 Å². The van der Waals surface area contributed by atoms with Gasteiger partial charge in [0.2, 0.25) is 0 Å². The molecule has 1 aliphatic heterocycles. The third-order valence-electron chi connectivity index (χ3n) is 4.09. The first-order valence-corrected chi connectivity index (χ1v) is 7.45. The number of ether oxygens (including phenoxy) is 1. The smallest absolute Gasteiger partial charge is 0.139 e. The summed E-state index contributed by atoms with van der Waals surface area (Å²) in [5.74, 6) is 0.995. The van der Waals surface area contributed by atoms with Crippen molar-refractivity contribution in [1.82, 2.24) is 4.98 Å². The largest absolute Gasteiger partial charge is 0.384 e. The van der Waals surface area contributed by atoms with E-state index in [1.54, 1.807) is 0 Å². The van der Waals surface area contributed by atoms with Gasteiger partial charge in [-0.2, -0.15) is 0 Å². The van der Waals surface area contributed by atoms with Gasteiger partial charge in [-0.05, 0) is 43.7 Å². The fraction of sp³-hybridized carbons (Fsp3) is 0.600. The minimum absolute atomic E-state index is 0.117. The third kappa shape index (κ3) is 2.63. The minimum Gasteiger partial charge on any atom is -0.384 e. The highest BCUT2D eigenvalue weighted by Crippen LogP contribution is 2.27. The number of nitrogens with two attached hydrogens (primary N) is 1. The maximum atomic E-state index is 7.85. The molecule has 0 atom stereocenters. The number of hydrogen-bond donors (Lipinski definition) is 2. The maximum absolute atomic E-state index is 7.85. The molecule has 1 saturated heterocycles. The lowest BCUT2D eigenvalue weighted by Gasteiger charge is -2.26. The number of nitrogen functional groups attached to an aromatic ring is 1. The first-order chi connectivity index (χ1) is 9.75. The number of nitrogens with zero attached hydrogens (tertiary/aromatic N) is 2. The van der Waals surface area contributed by atoms with E-state index in [2.05, 4.69) is 11.0 Å². The molecule has 0 aromatic carbocycles. The van der Waals surface area contributed by atoms with Crippen LogP contribution >= 0.6 is 0 Å². The normalized spacial score (nSPS) is 19.3. The van der Waals surface area contributed by atoms with E-state index >= 15 is 0 Å². The van der Waals surface area contributed by atoms with Crippen molar-refractivity contribution in [3.05, 3.63) is 22.9 Å². The first kappa shape index (κ1) is 13.4. The predicted molar refractivity (Wildman–Crippen MR) is 79.5 cm³/mol. The average molecular weight is 274 g/mol. The Bertz CT molecular complexity index is 507. The highest BCUT2D eigenvalue weighted by atomic mass is 16.5. The number of pyridine rings is 1. The Hall–Kier alpha value is -1.62. The summed E-state index contributed by atoms with van der Waals surface area (Å²) in [6.45, 7) is 3.27. The SMILES string of the molecule is N=C(N)c1cc2c(nc1N1CCCOCC1)CCCC2. The van der Waals surface area contributed by atoms with Gasteiger partial charge in [-0.15, -0.1) is 0 Å². The van der Waals surface area contributed by atoms with Crippen LogP contribution in [0.5, 0.6) is 0 Å². The third-order valence-corrected chi connectivity index (χ3v) is 4.09. The number of rotatable bonds is 2. The van der Waals surface area contributed by atoms with Gasteiger partial charge in [0.15, 0.2) is 0 Å². The van der Waals surface area contributed by atoms with Crippen molar-refractivity contribution in [2.75, 3.05) is 31.2 Å². The Morgan fingerprint density at radius 2 is 2.05 bits per heavy atom. The van der Waals surface area contributed by atoms with Crippen molar-refractivity contribution in [2.24, 2.45) is 5.73 Å². The molecule has 20 heavy (non-hydrogen) atoms. The zero-order valence-corrected chi connectivity index (χ0v) is 11.8. The summed E-state index contributed by atoms with van der Waals surface area (Å²) in [4.78, 5) is 7.07. The number of amidine groups is 1. The van der Waals surface area contributed by atoms with E-state index in [0.717, 1.165) is 56.9 Å².